The van der Waals surface area contributed by atoms with Crippen molar-refractivity contribution in [1.82, 2.24) is 25.1 Å². The molecule has 0 radical (unpaired) electrons. The molecule has 3 rings (SSSR count). The van der Waals surface area contributed by atoms with Crippen LogP contribution in [0.1, 0.15) is 39.4 Å². The average Bonchev–Trinajstić information content (AvgIpc) is 3.04. The first-order chi connectivity index (χ1) is 11.4. The minimum Gasteiger partial charge on any atom is -0.375 e. The van der Waals surface area contributed by atoms with E-state index in [1.807, 2.05) is 51.2 Å². The Morgan fingerprint density at radius 2 is 2.00 bits per heavy atom. The molecule has 7 nitrogen and oxygen atoms in total. The van der Waals surface area contributed by atoms with Gasteiger partial charge in [0.15, 0.2) is 5.82 Å². The molecule has 1 atom stereocenters. The molecular formula is C17H23N5O2. The predicted octanol–water partition coefficient (Wildman–Crippen LogP) is 1.92. The molecule has 1 aliphatic heterocycles. The Bertz CT molecular complexity index is 728. The van der Waals surface area contributed by atoms with E-state index in [1.165, 1.54) is 0 Å². The largest absolute Gasteiger partial charge is 0.375 e. The summed E-state index contributed by atoms with van der Waals surface area (Å²) < 4.78 is 7.60. The molecule has 0 aliphatic carbocycles. The molecule has 1 aromatic carbocycles. The second-order valence-corrected chi connectivity index (χ2v) is 6.89. The quantitative estimate of drug-likeness (QED) is 0.860. The Kier molecular flexibility index (Phi) is 4.13. The van der Waals surface area contributed by atoms with Gasteiger partial charge in [0.25, 0.3) is 0 Å². The van der Waals surface area contributed by atoms with Crippen LogP contribution in [0.3, 0.4) is 0 Å². The standard InChI is InChI=1S/C17H23N5O2/c1-13(23)21(4)17(10-11-24-16(2,3)12-17)15-18-19-20-22(15)14-8-6-5-7-9-14/h5-9H,10-12H2,1-4H3. The summed E-state index contributed by atoms with van der Waals surface area (Å²) in [6.07, 6.45) is 1.28. The molecule has 128 valence electrons. The number of aromatic nitrogens is 4. The Hall–Kier alpha value is -2.28. The fourth-order valence-electron chi connectivity index (χ4n) is 3.49. The van der Waals surface area contributed by atoms with Crippen molar-refractivity contribution in [1.29, 1.82) is 0 Å². The summed E-state index contributed by atoms with van der Waals surface area (Å²) in [5, 5.41) is 12.4. The summed E-state index contributed by atoms with van der Waals surface area (Å²) in [5.74, 6) is 0.651. The molecule has 1 aliphatic rings. The maximum absolute atomic E-state index is 12.2. The lowest BCUT2D eigenvalue weighted by atomic mass is 9.79. The van der Waals surface area contributed by atoms with Crippen LogP contribution < -0.4 is 0 Å². The number of carbonyl (C=O) groups excluding carboxylic acids is 1. The lowest BCUT2D eigenvalue weighted by molar-refractivity contribution is -0.151. The van der Waals surface area contributed by atoms with E-state index in [0.717, 1.165) is 5.69 Å². The molecule has 0 spiro atoms. The first-order valence-electron chi connectivity index (χ1n) is 8.08. The number of carbonyl (C=O) groups is 1. The molecule has 2 aromatic rings. The molecular weight excluding hydrogens is 306 g/mol. The number of hydrogen-bond acceptors (Lipinski definition) is 5. The van der Waals surface area contributed by atoms with Crippen molar-refractivity contribution >= 4 is 5.91 Å². The Morgan fingerprint density at radius 3 is 2.62 bits per heavy atom. The highest BCUT2D eigenvalue weighted by Crippen LogP contribution is 2.43. The van der Waals surface area contributed by atoms with Gasteiger partial charge in [-0.2, -0.15) is 4.68 Å². The van der Waals surface area contributed by atoms with Crippen LogP contribution in [0.4, 0.5) is 0 Å². The molecule has 2 heterocycles. The molecule has 0 N–H and O–H groups in total. The number of tetrazole rings is 1. The maximum Gasteiger partial charge on any atom is 0.220 e. The normalized spacial score (nSPS) is 23.0. The van der Waals surface area contributed by atoms with E-state index in [1.54, 1.807) is 16.5 Å². The van der Waals surface area contributed by atoms with E-state index in [4.69, 9.17) is 4.74 Å². The van der Waals surface area contributed by atoms with E-state index in [-0.39, 0.29) is 11.5 Å². The van der Waals surface area contributed by atoms with Crippen LogP contribution in [-0.4, -0.2) is 50.3 Å². The highest BCUT2D eigenvalue weighted by atomic mass is 16.5. The van der Waals surface area contributed by atoms with Crippen molar-refractivity contribution in [2.24, 2.45) is 0 Å². The monoisotopic (exact) mass is 329 g/mol. The van der Waals surface area contributed by atoms with Gasteiger partial charge in [-0.1, -0.05) is 18.2 Å². The number of nitrogens with zero attached hydrogens (tertiary/aromatic N) is 5. The van der Waals surface area contributed by atoms with Gasteiger partial charge in [0.2, 0.25) is 5.91 Å². The van der Waals surface area contributed by atoms with Crippen LogP contribution in [0.2, 0.25) is 0 Å². The van der Waals surface area contributed by atoms with Crippen LogP contribution >= 0.6 is 0 Å². The van der Waals surface area contributed by atoms with Crippen molar-refractivity contribution in [3.63, 3.8) is 0 Å². The third kappa shape index (κ3) is 2.80. The van der Waals surface area contributed by atoms with Gasteiger partial charge in [0.1, 0.15) is 5.54 Å². The topological polar surface area (TPSA) is 73.1 Å². The predicted molar refractivity (Wildman–Crippen MR) is 88.5 cm³/mol. The second kappa shape index (κ2) is 5.98. The van der Waals surface area contributed by atoms with Crippen LogP contribution in [0.5, 0.6) is 0 Å². The minimum absolute atomic E-state index is 0.0182. The van der Waals surface area contributed by atoms with Crippen molar-refractivity contribution in [3.8, 4) is 5.69 Å². The summed E-state index contributed by atoms with van der Waals surface area (Å²) in [7, 11) is 1.81. The molecule has 0 saturated carbocycles. The van der Waals surface area contributed by atoms with Gasteiger partial charge >= 0.3 is 0 Å². The zero-order valence-corrected chi connectivity index (χ0v) is 14.6. The highest BCUT2D eigenvalue weighted by molar-refractivity contribution is 5.74. The Balaban J connectivity index is 2.15. The smallest absolute Gasteiger partial charge is 0.220 e. The van der Waals surface area contributed by atoms with Gasteiger partial charge in [-0.25, -0.2) is 0 Å². The summed E-state index contributed by atoms with van der Waals surface area (Å²) in [5.41, 5.74) is -0.0966. The van der Waals surface area contributed by atoms with Crippen molar-refractivity contribution in [2.75, 3.05) is 13.7 Å². The van der Waals surface area contributed by atoms with Gasteiger partial charge in [0, 0.05) is 33.4 Å². The van der Waals surface area contributed by atoms with Gasteiger partial charge in [0.05, 0.1) is 11.3 Å². The second-order valence-electron chi connectivity index (χ2n) is 6.89. The van der Waals surface area contributed by atoms with Gasteiger partial charge in [-0.3, -0.25) is 4.79 Å². The van der Waals surface area contributed by atoms with Crippen LogP contribution in [0.15, 0.2) is 30.3 Å². The number of ether oxygens (including phenoxy) is 1. The third-order valence-corrected chi connectivity index (χ3v) is 4.73. The van der Waals surface area contributed by atoms with Crippen LogP contribution in [0, 0.1) is 0 Å². The number of benzene rings is 1. The molecule has 1 saturated heterocycles. The fourth-order valence-corrected chi connectivity index (χ4v) is 3.49. The first-order valence-corrected chi connectivity index (χ1v) is 8.08. The van der Waals surface area contributed by atoms with Crippen molar-refractivity contribution < 1.29 is 9.53 Å². The maximum atomic E-state index is 12.2. The molecule has 1 aromatic heterocycles. The number of rotatable bonds is 3. The van der Waals surface area contributed by atoms with Crippen LogP contribution in [-0.2, 0) is 15.1 Å². The summed E-state index contributed by atoms with van der Waals surface area (Å²) in [6, 6.07) is 9.73. The fraction of sp³-hybridized carbons (Fsp3) is 0.529. The lowest BCUT2D eigenvalue weighted by Crippen LogP contribution is -2.55. The first kappa shape index (κ1) is 16.6. The van der Waals surface area contributed by atoms with E-state index >= 15 is 0 Å². The summed E-state index contributed by atoms with van der Waals surface area (Å²) in [6.45, 7) is 6.18. The average molecular weight is 329 g/mol. The van der Waals surface area contributed by atoms with E-state index < -0.39 is 5.54 Å². The molecule has 24 heavy (non-hydrogen) atoms. The zero-order valence-electron chi connectivity index (χ0n) is 14.6. The van der Waals surface area contributed by atoms with E-state index in [0.29, 0.717) is 25.3 Å². The number of para-hydroxylation sites is 1. The Labute approximate surface area is 141 Å². The van der Waals surface area contributed by atoms with Crippen molar-refractivity contribution in [3.05, 3.63) is 36.2 Å². The minimum atomic E-state index is -0.604. The van der Waals surface area contributed by atoms with E-state index in [2.05, 4.69) is 15.5 Å². The molecule has 1 amide bonds. The van der Waals surface area contributed by atoms with Crippen molar-refractivity contribution in [2.45, 2.75) is 44.8 Å². The molecule has 0 bridgehead atoms. The summed E-state index contributed by atoms with van der Waals surface area (Å²) >= 11 is 0. The molecule has 1 fully saturated rings. The number of amides is 1. The molecule has 7 heteroatoms. The lowest BCUT2D eigenvalue weighted by Gasteiger charge is -2.48. The summed E-state index contributed by atoms with van der Waals surface area (Å²) in [4.78, 5) is 14.0. The number of hydrogen-bond donors (Lipinski definition) is 0. The third-order valence-electron chi connectivity index (χ3n) is 4.73. The van der Waals surface area contributed by atoms with E-state index in [9.17, 15) is 4.79 Å². The zero-order chi connectivity index (χ0) is 17.4. The SMILES string of the molecule is CC(=O)N(C)C1(c2nnnn2-c2ccccc2)CCOC(C)(C)C1. The molecule has 1 unspecified atom stereocenters. The highest BCUT2D eigenvalue weighted by Gasteiger charge is 2.49. The Morgan fingerprint density at radius 1 is 1.29 bits per heavy atom. The van der Waals surface area contributed by atoms with Gasteiger partial charge in [-0.15, -0.1) is 5.10 Å². The van der Waals surface area contributed by atoms with Gasteiger partial charge in [-0.05, 0) is 36.4 Å². The van der Waals surface area contributed by atoms with Gasteiger partial charge < -0.3 is 9.64 Å². The van der Waals surface area contributed by atoms with Crippen LogP contribution in [0.25, 0.3) is 5.69 Å².